The fraction of sp³-hybridized carbons (Fsp3) is 0.333. The Morgan fingerprint density at radius 1 is 1.05 bits per heavy atom. The van der Waals surface area contributed by atoms with Gasteiger partial charge in [-0.2, -0.15) is 0 Å². The van der Waals surface area contributed by atoms with Crippen molar-refractivity contribution in [2.45, 2.75) is 43.9 Å². The minimum atomic E-state index is -1.03. The molecule has 42 heavy (non-hydrogen) atoms. The lowest BCUT2D eigenvalue weighted by Crippen LogP contribution is -2.54. The van der Waals surface area contributed by atoms with Crippen molar-refractivity contribution in [3.8, 4) is 0 Å². The highest BCUT2D eigenvalue weighted by Gasteiger charge is 2.37. The Morgan fingerprint density at radius 3 is 2.48 bits per heavy atom. The van der Waals surface area contributed by atoms with Crippen molar-refractivity contribution in [1.82, 2.24) is 20.1 Å². The lowest BCUT2D eigenvalue weighted by molar-refractivity contribution is -0.118. The number of para-hydroxylation sites is 1. The fourth-order valence-electron chi connectivity index (χ4n) is 5.75. The number of H-pyrrole nitrogens is 1. The quantitative estimate of drug-likeness (QED) is 0.213. The van der Waals surface area contributed by atoms with Crippen molar-refractivity contribution in [1.29, 1.82) is 0 Å². The molecule has 1 aliphatic heterocycles. The minimum Gasteiger partial charge on any atom is -0.385 e. The molecule has 0 bridgehead atoms. The highest BCUT2D eigenvalue weighted by molar-refractivity contribution is 6.30. The van der Waals surface area contributed by atoms with Gasteiger partial charge < -0.3 is 30.5 Å². The molecule has 0 unspecified atom stereocenters. The van der Waals surface area contributed by atoms with Crippen LogP contribution in [0.4, 0.5) is 10.5 Å². The van der Waals surface area contributed by atoms with Crippen LogP contribution in [0.5, 0.6) is 0 Å². The number of benzene rings is 3. The molecule has 0 saturated carbocycles. The van der Waals surface area contributed by atoms with Crippen LogP contribution in [-0.2, 0) is 16.9 Å². The molecule has 8 nitrogen and oxygen atoms in total. The first-order valence-corrected chi connectivity index (χ1v) is 14.7. The zero-order valence-electron chi connectivity index (χ0n) is 24.2. The second kappa shape index (κ2) is 12.6. The maximum Gasteiger partial charge on any atom is 0.318 e. The van der Waals surface area contributed by atoms with Crippen molar-refractivity contribution < 1.29 is 14.7 Å². The maximum absolute atomic E-state index is 13.8. The lowest BCUT2D eigenvalue weighted by atomic mass is 9.84. The van der Waals surface area contributed by atoms with Crippen LogP contribution < -0.4 is 10.6 Å². The number of amides is 3. The summed E-state index contributed by atoms with van der Waals surface area (Å²) in [6.45, 7) is 3.41. The van der Waals surface area contributed by atoms with Crippen LogP contribution in [0.1, 0.15) is 42.4 Å². The number of fused-ring (bicyclic) bond motifs is 1. The highest BCUT2D eigenvalue weighted by Crippen LogP contribution is 2.34. The van der Waals surface area contributed by atoms with E-state index in [4.69, 9.17) is 11.6 Å². The molecule has 3 amide bonds. The zero-order valence-corrected chi connectivity index (χ0v) is 25.0. The second-order valence-electron chi connectivity index (χ2n) is 11.5. The van der Waals surface area contributed by atoms with Gasteiger partial charge in [-0.25, -0.2) is 4.79 Å². The van der Waals surface area contributed by atoms with E-state index in [0.717, 1.165) is 34.1 Å². The molecule has 2 heterocycles. The van der Waals surface area contributed by atoms with E-state index in [2.05, 4.69) is 20.5 Å². The van der Waals surface area contributed by atoms with Crippen LogP contribution in [0.3, 0.4) is 0 Å². The number of halogens is 1. The molecule has 4 N–H and O–H groups in total. The van der Waals surface area contributed by atoms with E-state index >= 15 is 0 Å². The van der Waals surface area contributed by atoms with E-state index in [1.54, 1.807) is 17.0 Å². The zero-order chi connectivity index (χ0) is 29.9. The number of nitrogens with zero attached hydrogens (tertiary/aromatic N) is 2. The van der Waals surface area contributed by atoms with Gasteiger partial charge in [0.15, 0.2) is 0 Å². The first-order valence-electron chi connectivity index (χ1n) is 14.3. The van der Waals surface area contributed by atoms with E-state index in [1.165, 1.54) is 0 Å². The summed E-state index contributed by atoms with van der Waals surface area (Å²) in [5, 5.41) is 19.0. The SMILES string of the molecule is C[C@@H](c1c[nH]c2ccccc12)[C@@H](NC(=O)N1CCC(O)(c2ccc(Cl)cc2)CC1)C(=O)Nc1cccc(CN(C)C)c1. The Hall–Kier alpha value is -3.85. The molecular formula is C33H38ClN5O3. The number of aliphatic hydroxyl groups is 1. The largest absolute Gasteiger partial charge is 0.385 e. The molecule has 1 aromatic heterocycles. The molecule has 220 valence electrons. The standard InChI is InChI=1S/C33H38ClN5O3/c1-22(28-20-35-29-10-5-4-9-27(28)29)30(31(40)36-26-8-6-7-23(19-26)21-38(2)3)37-32(41)39-17-15-33(42,16-18-39)24-11-13-25(34)14-12-24/h4-14,19-20,22,30,35,42H,15-18,21H2,1-3H3,(H,36,40)(H,37,41)/t22-,30+/m0/s1. The van der Waals surface area contributed by atoms with Crippen molar-refractivity contribution >= 4 is 40.1 Å². The highest BCUT2D eigenvalue weighted by atomic mass is 35.5. The fourth-order valence-corrected chi connectivity index (χ4v) is 5.88. The lowest BCUT2D eigenvalue weighted by Gasteiger charge is -2.39. The molecule has 4 aromatic rings. The third-order valence-electron chi connectivity index (χ3n) is 8.13. The van der Waals surface area contributed by atoms with Crippen molar-refractivity contribution in [2.75, 3.05) is 32.5 Å². The maximum atomic E-state index is 13.8. The summed E-state index contributed by atoms with van der Waals surface area (Å²) in [6, 6.07) is 21.7. The summed E-state index contributed by atoms with van der Waals surface area (Å²) in [5.41, 5.74) is 3.42. The van der Waals surface area contributed by atoms with Gasteiger partial charge in [0, 0.05) is 53.4 Å². The molecule has 0 spiro atoms. The summed E-state index contributed by atoms with van der Waals surface area (Å²) in [5.74, 6) is -0.622. The second-order valence-corrected chi connectivity index (χ2v) is 11.9. The van der Waals surface area contributed by atoms with Crippen LogP contribution in [-0.4, -0.2) is 65.1 Å². The predicted octanol–water partition coefficient (Wildman–Crippen LogP) is 5.69. The molecule has 1 saturated heterocycles. The summed E-state index contributed by atoms with van der Waals surface area (Å²) >= 11 is 6.03. The van der Waals surface area contributed by atoms with E-state index < -0.39 is 11.6 Å². The Balaban J connectivity index is 1.34. The smallest absolute Gasteiger partial charge is 0.318 e. The summed E-state index contributed by atoms with van der Waals surface area (Å²) in [6.07, 6.45) is 2.68. The number of nitrogens with one attached hydrogen (secondary N) is 3. The van der Waals surface area contributed by atoms with Gasteiger partial charge in [0.25, 0.3) is 0 Å². The van der Waals surface area contributed by atoms with Crippen molar-refractivity contribution in [2.24, 2.45) is 0 Å². The molecule has 2 atom stereocenters. The molecular weight excluding hydrogens is 550 g/mol. The molecule has 0 aliphatic carbocycles. The van der Waals surface area contributed by atoms with Crippen molar-refractivity contribution in [3.63, 3.8) is 0 Å². The third kappa shape index (κ3) is 6.62. The first kappa shape index (κ1) is 29.6. The number of rotatable bonds is 8. The van der Waals surface area contributed by atoms with Crippen LogP contribution >= 0.6 is 11.6 Å². The van der Waals surface area contributed by atoms with E-state index in [9.17, 15) is 14.7 Å². The monoisotopic (exact) mass is 587 g/mol. The predicted molar refractivity (Wildman–Crippen MR) is 168 cm³/mol. The van der Waals surface area contributed by atoms with E-state index in [-0.39, 0.29) is 17.9 Å². The van der Waals surface area contributed by atoms with Gasteiger partial charge in [0.05, 0.1) is 5.60 Å². The Kier molecular flexibility index (Phi) is 8.87. The number of urea groups is 1. The number of likely N-dealkylation sites (tertiary alicyclic amines) is 1. The van der Waals surface area contributed by atoms with Gasteiger partial charge in [-0.3, -0.25) is 4.79 Å². The number of aromatic amines is 1. The first-order chi connectivity index (χ1) is 20.1. The molecule has 3 aromatic carbocycles. The van der Waals surface area contributed by atoms with Crippen LogP contribution in [0.2, 0.25) is 5.02 Å². The molecule has 0 radical (unpaired) electrons. The number of anilines is 1. The van der Waals surface area contributed by atoms with Crippen LogP contribution in [0.15, 0.2) is 79.0 Å². The summed E-state index contributed by atoms with van der Waals surface area (Å²) in [4.78, 5) is 34.5. The van der Waals surface area contributed by atoms with Gasteiger partial charge >= 0.3 is 6.03 Å². The number of piperidine rings is 1. The van der Waals surface area contributed by atoms with Crippen LogP contribution in [0, 0.1) is 0 Å². The molecule has 9 heteroatoms. The van der Waals surface area contributed by atoms with Gasteiger partial charge in [-0.1, -0.05) is 61.0 Å². The minimum absolute atomic E-state index is 0.294. The van der Waals surface area contributed by atoms with Gasteiger partial charge in [0.2, 0.25) is 5.91 Å². The van der Waals surface area contributed by atoms with Gasteiger partial charge in [-0.15, -0.1) is 0 Å². The Bertz CT molecular complexity index is 1540. The summed E-state index contributed by atoms with van der Waals surface area (Å²) in [7, 11) is 3.99. The molecule has 5 rings (SSSR count). The number of carbonyl (C=O) groups is 2. The van der Waals surface area contributed by atoms with E-state index in [1.807, 2.05) is 87.9 Å². The Labute approximate surface area is 251 Å². The molecule has 1 fully saturated rings. The Morgan fingerprint density at radius 2 is 1.76 bits per heavy atom. The topological polar surface area (TPSA) is 101 Å². The van der Waals surface area contributed by atoms with Crippen molar-refractivity contribution in [3.05, 3.63) is 101 Å². The normalized spacial score (nSPS) is 16.3. The van der Waals surface area contributed by atoms with Gasteiger partial charge in [0.1, 0.15) is 6.04 Å². The number of hydrogen-bond acceptors (Lipinski definition) is 4. The number of carbonyl (C=O) groups excluding carboxylic acids is 2. The summed E-state index contributed by atoms with van der Waals surface area (Å²) < 4.78 is 0. The third-order valence-corrected chi connectivity index (χ3v) is 8.38. The molecule has 1 aliphatic rings. The average molecular weight is 588 g/mol. The van der Waals surface area contributed by atoms with Gasteiger partial charge in [-0.05, 0) is 74.0 Å². The van der Waals surface area contributed by atoms with Crippen LogP contribution in [0.25, 0.3) is 10.9 Å². The number of aromatic nitrogens is 1. The average Bonchev–Trinajstić information content (AvgIpc) is 3.40. The number of hydrogen-bond donors (Lipinski definition) is 4. The van der Waals surface area contributed by atoms with E-state index in [0.29, 0.717) is 36.6 Å².